The summed E-state index contributed by atoms with van der Waals surface area (Å²) >= 11 is 0. The highest BCUT2D eigenvalue weighted by Gasteiger charge is 2.42. The number of benzene rings is 5. The molecule has 0 saturated carbocycles. The van der Waals surface area contributed by atoms with Crippen LogP contribution in [0.3, 0.4) is 0 Å². The number of carboxylic acid groups (broad SMARTS) is 2. The molecule has 5 heterocycles. The zero-order valence-corrected chi connectivity index (χ0v) is 82.7. The molecule has 6 aromatic rings. The molecule has 0 aliphatic carbocycles. The van der Waals surface area contributed by atoms with E-state index in [1.807, 2.05) is 152 Å². The number of para-hydroxylation sites is 1. The minimum absolute atomic E-state index is 0.00344. The van der Waals surface area contributed by atoms with Crippen LogP contribution in [0.1, 0.15) is 210 Å². The number of hydrogen-bond donors (Lipinski definition) is 14. The molecule has 3 saturated heterocycles. The number of ketones is 3. The fourth-order valence-electron chi connectivity index (χ4n) is 14.7. The number of carbonyl (C=O) groups is 15. The highest BCUT2D eigenvalue weighted by atomic mass is 33.1. The van der Waals surface area contributed by atoms with E-state index in [1.54, 1.807) is 84.8 Å². The third-order valence-electron chi connectivity index (χ3n) is 23.1. The monoisotopic (exact) mass is 1960 g/mol. The Morgan fingerprint density at radius 2 is 1.29 bits per heavy atom. The Morgan fingerprint density at radius 3 is 1.90 bits per heavy atom. The van der Waals surface area contributed by atoms with E-state index in [-0.39, 0.29) is 84.4 Å². The molecule has 139 heavy (non-hydrogen) atoms. The van der Waals surface area contributed by atoms with E-state index in [4.69, 9.17) is 35.3 Å². The van der Waals surface area contributed by atoms with Gasteiger partial charge in [0.1, 0.15) is 62.0 Å². The maximum absolute atomic E-state index is 14.1. The van der Waals surface area contributed by atoms with Crippen molar-refractivity contribution in [2.24, 2.45) is 35.5 Å². The number of cyclic esters (lactones) is 1. The predicted molar refractivity (Wildman–Crippen MR) is 535 cm³/mol. The van der Waals surface area contributed by atoms with E-state index in [9.17, 15) is 71.9 Å². The van der Waals surface area contributed by atoms with Crippen LogP contribution in [-0.2, 0) is 91.2 Å². The van der Waals surface area contributed by atoms with Crippen LogP contribution in [-0.4, -0.2) is 198 Å². The Balaban J connectivity index is 0.000000320. The Labute approximate surface area is 821 Å². The second-order valence-electron chi connectivity index (χ2n) is 34.0. The van der Waals surface area contributed by atoms with Gasteiger partial charge in [0.15, 0.2) is 11.6 Å². The lowest BCUT2D eigenvalue weighted by Gasteiger charge is -2.39. The predicted octanol–water partition coefficient (Wildman–Crippen LogP) is 12.1. The third kappa shape index (κ3) is 41.7. The van der Waals surface area contributed by atoms with Gasteiger partial charge >= 0.3 is 17.9 Å². The Hall–Kier alpha value is -13.0. The van der Waals surface area contributed by atoms with Crippen molar-refractivity contribution in [3.8, 4) is 11.8 Å². The molecule has 0 radical (unpaired) electrons. The second-order valence-corrected chi connectivity index (χ2v) is 36.7. The number of Topliss-reactive ketones (excluding diaryl/α,β-unsaturated/α-hetero) is 3. The molecule has 14 N–H and O–H groups in total. The number of ether oxygens (including phenoxy) is 1. The van der Waals surface area contributed by atoms with E-state index in [0.29, 0.717) is 68.4 Å². The van der Waals surface area contributed by atoms with Gasteiger partial charge in [-0.2, -0.15) is 4.73 Å². The van der Waals surface area contributed by atoms with Crippen molar-refractivity contribution in [1.29, 1.82) is 0 Å². The highest BCUT2D eigenvalue weighted by molar-refractivity contribution is 8.76. The summed E-state index contributed by atoms with van der Waals surface area (Å²) < 4.78 is 7.10. The normalized spacial score (nSPS) is 19.6. The molecule has 4 aliphatic heterocycles. The third-order valence-corrected chi connectivity index (χ3v) is 25.6. The van der Waals surface area contributed by atoms with E-state index in [1.165, 1.54) is 51.1 Å². The summed E-state index contributed by atoms with van der Waals surface area (Å²) in [6.45, 7) is 18.7. The molecule has 33 nitrogen and oxygen atoms in total. The Kier molecular flexibility index (Phi) is 53.8. The molecule has 0 spiro atoms. The number of esters is 1. The summed E-state index contributed by atoms with van der Waals surface area (Å²) in [5.74, 6) is -2.37. The maximum Gasteiger partial charge on any atom is 0.328 e. The molecule has 9 amide bonds. The van der Waals surface area contributed by atoms with E-state index < -0.39 is 114 Å². The van der Waals surface area contributed by atoms with Gasteiger partial charge in [-0.1, -0.05) is 236 Å². The first-order valence-electron chi connectivity index (χ1n) is 47.1. The first-order chi connectivity index (χ1) is 66.7. The number of aliphatic carboxylic acids is 2. The number of aliphatic hydroxyl groups excluding tert-OH is 1. The first kappa shape index (κ1) is 116. The lowest BCUT2D eigenvalue weighted by atomic mass is 9.92. The summed E-state index contributed by atoms with van der Waals surface area (Å²) in [5.41, 5.74) is 9.98. The van der Waals surface area contributed by atoms with E-state index in [2.05, 4.69) is 61.2 Å². The number of allylic oxidation sites excluding steroid dienone is 3. The molecular weight excluding hydrogens is 1820 g/mol. The Morgan fingerprint density at radius 1 is 0.655 bits per heavy atom. The minimum atomic E-state index is -1.01. The van der Waals surface area contributed by atoms with Crippen LogP contribution in [0.5, 0.6) is 0 Å². The van der Waals surface area contributed by atoms with Crippen molar-refractivity contribution in [2.45, 2.75) is 228 Å². The second kappa shape index (κ2) is 64.2. The zero-order chi connectivity index (χ0) is 102. The number of fused-ring (bicyclic) bond motifs is 8. The van der Waals surface area contributed by atoms with E-state index >= 15 is 0 Å². The van der Waals surface area contributed by atoms with Crippen LogP contribution < -0.4 is 53.0 Å². The van der Waals surface area contributed by atoms with Gasteiger partial charge < -0.3 is 67.0 Å². The number of hydroxylamine groups is 2. The number of aromatic nitrogens is 1. The molecule has 10 rings (SSSR count). The molecule has 752 valence electrons. The number of anilines is 1. The molecule has 4 aliphatic rings. The molecule has 9 atom stereocenters. The number of rotatable bonds is 29. The number of nitrogens with zero attached hydrogens (tertiary/aromatic N) is 2. The summed E-state index contributed by atoms with van der Waals surface area (Å²) in [7, 11) is 4.62. The lowest BCUT2D eigenvalue weighted by Crippen LogP contribution is -2.64. The number of amides is 9. The van der Waals surface area contributed by atoms with E-state index in [0.717, 1.165) is 104 Å². The van der Waals surface area contributed by atoms with Gasteiger partial charge in [0.2, 0.25) is 35.4 Å². The van der Waals surface area contributed by atoms with Crippen LogP contribution >= 0.6 is 21.6 Å². The van der Waals surface area contributed by atoms with Gasteiger partial charge in [-0.25, -0.2) is 15.8 Å². The van der Waals surface area contributed by atoms with Gasteiger partial charge in [0.25, 0.3) is 17.7 Å². The molecular formula is C104H137N11O22S2. The summed E-state index contributed by atoms with van der Waals surface area (Å²) in [6, 6.07) is 36.6. The first-order valence-corrected chi connectivity index (χ1v) is 49.6. The number of hydrogen-bond acceptors (Lipinski definition) is 23. The fraction of sp³-hybridized carbons (Fsp3) is 0.452. The molecule has 1 aromatic heterocycles. The van der Waals surface area contributed by atoms with Crippen LogP contribution in [0.4, 0.5) is 5.69 Å². The summed E-state index contributed by atoms with van der Waals surface area (Å²) in [4.78, 5) is 193. The van der Waals surface area contributed by atoms with Crippen LogP contribution in [0, 0.1) is 47.3 Å². The van der Waals surface area contributed by atoms with Crippen molar-refractivity contribution >= 4 is 133 Å². The fourth-order valence-corrected chi connectivity index (χ4v) is 17.0. The minimum Gasteiger partial charge on any atom is -0.481 e. The largest absolute Gasteiger partial charge is 0.481 e. The number of carboxylic acids is 2. The molecule has 5 aromatic carbocycles. The van der Waals surface area contributed by atoms with Gasteiger partial charge in [0.05, 0.1) is 29.3 Å². The van der Waals surface area contributed by atoms with Crippen LogP contribution in [0.2, 0.25) is 0 Å². The zero-order valence-electron chi connectivity index (χ0n) is 81.1. The van der Waals surface area contributed by atoms with Crippen molar-refractivity contribution < 1.29 is 107 Å². The summed E-state index contributed by atoms with van der Waals surface area (Å²) in [6.07, 6.45) is 22.2. The smallest absolute Gasteiger partial charge is 0.328 e. The molecule has 35 heteroatoms. The molecule has 3 fully saturated rings. The van der Waals surface area contributed by atoms with Crippen LogP contribution in [0.25, 0.3) is 17.0 Å². The van der Waals surface area contributed by atoms with Gasteiger partial charge in [-0.3, -0.25) is 77.5 Å². The average Bonchev–Trinajstić information content (AvgIpc) is 1.65. The van der Waals surface area contributed by atoms with Crippen molar-refractivity contribution in [1.82, 2.24) is 52.5 Å². The molecule has 2 bridgehead atoms. The number of carbonyl (C=O) groups excluding carboxylic acids is 13. The SMILES string of the molecule is C/C=C1/NC(=O)C2CSSCC/C=C\C(COC(=O)C(C(C)C)NC1=O)C(=O)N[C@@H](C(C)C)C(=O)C2.CCC(=O)CCCCC[C@@H]1NC(=O)C(Cc2cn(OC)c3ccccc23)NC(=O)[C@H](C(C)CC)NC(=O)[C@@H]2CCCCN2C1=O.CCC(CC)C(=O)O.O=C(/C=C/C#Cc1ccc(NCc2ccccc2)cc1)NO.O=C(/C=C/c1ccc(C(=O)CO)cc1)NO.O=C(O)CCCc1ccccc1. The standard InChI is InChI=1S/C34H49N5O6.C25H37N3O6S2.C18H16N2O2.C11H11NO4.C10H12O2.C6H12O2/c1-5-22(3)30-33(43)36-27(20-23-21-39(45-4)28-17-11-10-15-25(23)28)31(41)35-26(16-9-7-8-14-24(40)6-2)34(44)38-19-13-12-18-29(38)32(42)37-30;1-6-18-24(32)28-21(15(4)5)25(33)34-12-16-9-7-8-10-35-36-13-17(23(31)26-18)11-19(29)20(14(2)3)27-22(16)30;21-18(20-22)9-5-4-6-15-10-12-17(13-11-15)19-14-16-7-2-1-3-8-16;13-7-10(14)9-4-1-8(2-5-9)3-6-11(15)12-16;11-10(12)8-4-7-9-5-2-1-3-6-9;1-3-5(4-2)6(7)8/h10-11,15,17,21-22,26-27,29-30H,5-9,12-14,16,18-20H2,1-4H3,(H,35,41)(H,36,43)(H,37,42);6-7,9,14-17,20-21H,8,10-13H2,1-5H3,(H,26,31)(H,27,30)(H,28,32);1-3,5,7-13,19,22H,14H2,(H,20,21);1-6,13,16H,7H2,(H,12,15);1-3,5-6H,4,7-8H2,(H,11,12);5H,3-4H2,1-2H3,(H,7,8)/b;9-7-,18-6+;9-5+;6-3+;;/t22?,26-,27?,29-,30-;16?,17?,20-,21?;;;;/m00..../s1. The number of unbranched alkanes of at least 4 members (excludes halogenated alkanes) is 2. The average molecular weight is 1960 g/mol. The number of aliphatic hydroxyl groups is 1. The Bertz CT molecular complexity index is 5180. The highest BCUT2D eigenvalue weighted by Crippen LogP contribution is 2.30. The quantitative estimate of drug-likeness (QED) is 0.00239. The number of nitrogens with one attached hydrogen (secondary N) is 9. The van der Waals surface area contributed by atoms with Gasteiger partial charge in [0, 0.05) is 97.2 Å². The summed E-state index contributed by atoms with van der Waals surface area (Å²) in [5, 5.41) is 63.1. The van der Waals surface area contributed by atoms with Gasteiger partial charge in [-0.05, 0) is 154 Å². The van der Waals surface area contributed by atoms with Crippen molar-refractivity contribution in [3.05, 3.63) is 215 Å². The van der Waals surface area contributed by atoms with Crippen molar-refractivity contribution in [2.75, 3.05) is 43.7 Å². The van der Waals surface area contributed by atoms with Gasteiger partial charge in [-0.15, -0.1) is 0 Å². The van der Waals surface area contributed by atoms with Crippen molar-refractivity contribution in [3.63, 3.8) is 0 Å². The van der Waals surface area contributed by atoms with Crippen LogP contribution in [0.15, 0.2) is 182 Å². The number of aryl methyl sites for hydroxylation is 1. The lowest BCUT2D eigenvalue weighted by molar-refractivity contribution is -0.151. The number of piperidine rings is 1. The topological polar surface area (TPSA) is 492 Å². The molecule has 5 unspecified atom stereocenters. The maximum atomic E-state index is 14.1.